The van der Waals surface area contributed by atoms with Crippen LogP contribution in [0.3, 0.4) is 0 Å². The zero-order valence-corrected chi connectivity index (χ0v) is 19.9. The van der Waals surface area contributed by atoms with Crippen molar-refractivity contribution < 1.29 is 17.9 Å². The van der Waals surface area contributed by atoms with Crippen molar-refractivity contribution in [2.45, 2.75) is 45.1 Å². The van der Waals surface area contributed by atoms with Gasteiger partial charge in [0.2, 0.25) is 10.0 Å². The highest BCUT2D eigenvalue weighted by Crippen LogP contribution is 2.25. The number of hydrogen-bond acceptors (Lipinski definition) is 5. The first kappa shape index (κ1) is 25.2. The second-order valence-corrected chi connectivity index (χ2v) is 9.03. The monoisotopic (exact) mass is 531 g/mol. The number of carbonyl (C=O) groups is 1. The number of sulfonamides is 1. The van der Waals surface area contributed by atoms with Gasteiger partial charge < -0.3 is 20.3 Å². The number of carbonyl (C=O) groups excluding carboxylic acids is 1. The first-order valence-corrected chi connectivity index (χ1v) is 11.4. The van der Waals surface area contributed by atoms with Crippen LogP contribution in [0.2, 0.25) is 0 Å². The smallest absolute Gasteiger partial charge is 0.409 e. The van der Waals surface area contributed by atoms with Gasteiger partial charge in [0.05, 0.1) is 19.4 Å². The Hall–Kier alpha value is -0.820. The molecule has 28 heavy (non-hydrogen) atoms. The summed E-state index contributed by atoms with van der Waals surface area (Å²) in [6.07, 6.45) is 4.72. The molecule has 0 aromatic heterocycles. The van der Waals surface area contributed by atoms with Crippen molar-refractivity contribution in [1.82, 2.24) is 20.3 Å². The number of ether oxygens (including phenoxy) is 1. The van der Waals surface area contributed by atoms with Crippen LogP contribution in [0.15, 0.2) is 4.99 Å². The number of nitrogens with zero attached hydrogens (tertiary/aromatic N) is 2. The molecule has 1 amide bonds. The van der Waals surface area contributed by atoms with Crippen LogP contribution in [0, 0.1) is 5.92 Å². The van der Waals surface area contributed by atoms with Crippen LogP contribution in [-0.4, -0.2) is 77.0 Å². The number of guanidine groups is 1. The Morgan fingerprint density at radius 1 is 1.21 bits per heavy atom. The summed E-state index contributed by atoms with van der Waals surface area (Å²) in [7, 11) is -1.90. The highest BCUT2D eigenvalue weighted by Gasteiger charge is 2.24. The fourth-order valence-corrected chi connectivity index (χ4v) is 4.11. The van der Waals surface area contributed by atoms with Crippen LogP contribution in [0.5, 0.6) is 0 Å². The van der Waals surface area contributed by atoms with E-state index < -0.39 is 10.0 Å². The lowest BCUT2D eigenvalue weighted by Crippen LogP contribution is -2.49. The van der Waals surface area contributed by atoms with Gasteiger partial charge in [-0.2, -0.15) is 0 Å². The first-order valence-electron chi connectivity index (χ1n) is 9.78. The molecule has 2 rings (SSSR count). The summed E-state index contributed by atoms with van der Waals surface area (Å²) < 4.78 is 31.5. The number of methoxy groups -OCH3 is 1. The summed E-state index contributed by atoms with van der Waals surface area (Å²) in [6.45, 7) is 4.67. The van der Waals surface area contributed by atoms with E-state index in [1.54, 1.807) is 4.90 Å². The molecule has 1 aliphatic heterocycles. The molecule has 0 spiro atoms. The van der Waals surface area contributed by atoms with Crippen molar-refractivity contribution in [3.63, 3.8) is 0 Å². The third kappa shape index (κ3) is 8.68. The number of hydrogen-bond donors (Lipinski definition) is 3. The molecular weight excluding hydrogens is 497 g/mol. The SMILES string of the molecule is CCNC(=NCCS(=O)(=O)NCC1CCC1)NC1CCN(C(=O)OC)CC1.I. The molecule has 3 N–H and O–H groups in total. The number of nitrogens with one attached hydrogen (secondary N) is 3. The van der Waals surface area contributed by atoms with Crippen LogP contribution < -0.4 is 15.4 Å². The van der Waals surface area contributed by atoms with E-state index in [1.165, 1.54) is 13.5 Å². The second-order valence-electron chi connectivity index (χ2n) is 7.10. The molecule has 1 saturated carbocycles. The molecule has 2 fully saturated rings. The number of rotatable bonds is 8. The van der Waals surface area contributed by atoms with E-state index in [0.717, 1.165) is 25.7 Å². The van der Waals surface area contributed by atoms with E-state index in [-0.39, 0.29) is 48.4 Å². The maximum absolute atomic E-state index is 12.1. The quantitative estimate of drug-likeness (QED) is 0.246. The van der Waals surface area contributed by atoms with Gasteiger partial charge in [0.15, 0.2) is 5.96 Å². The van der Waals surface area contributed by atoms with E-state index in [2.05, 4.69) is 20.3 Å². The highest BCUT2D eigenvalue weighted by molar-refractivity contribution is 14.0. The van der Waals surface area contributed by atoms with Crippen LogP contribution in [0.25, 0.3) is 0 Å². The Labute approximate surface area is 185 Å². The molecule has 11 heteroatoms. The number of amides is 1. The summed E-state index contributed by atoms with van der Waals surface area (Å²) in [5, 5.41) is 6.48. The Balaban J connectivity index is 0.00000392. The standard InChI is InChI=1S/C17H33N5O4S.HI/c1-3-18-16(21-15-7-10-22(11-8-15)17(23)26-2)19-9-12-27(24,25)20-13-14-5-4-6-14;/h14-15,20H,3-13H2,1-2H3,(H2,18,19,21);1H. The van der Waals surface area contributed by atoms with Crippen LogP contribution >= 0.6 is 24.0 Å². The maximum Gasteiger partial charge on any atom is 0.409 e. The van der Waals surface area contributed by atoms with Gasteiger partial charge >= 0.3 is 6.09 Å². The lowest BCUT2D eigenvalue weighted by molar-refractivity contribution is 0.111. The molecule has 1 saturated heterocycles. The van der Waals surface area contributed by atoms with Crippen molar-refractivity contribution in [1.29, 1.82) is 0 Å². The van der Waals surface area contributed by atoms with Crippen LogP contribution in [-0.2, 0) is 14.8 Å². The topological polar surface area (TPSA) is 112 Å². The van der Waals surface area contributed by atoms with Gasteiger partial charge in [-0.15, -0.1) is 24.0 Å². The summed E-state index contributed by atoms with van der Waals surface area (Å²) in [6, 6.07) is 0.192. The predicted molar refractivity (Wildman–Crippen MR) is 121 cm³/mol. The summed E-state index contributed by atoms with van der Waals surface area (Å²) in [5.74, 6) is 1.10. The van der Waals surface area contributed by atoms with Crippen LogP contribution in [0.1, 0.15) is 39.0 Å². The average Bonchev–Trinajstić information content (AvgIpc) is 2.60. The lowest BCUT2D eigenvalue weighted by Gasteiger charge is -2.32. The molecule has 0 atom stereocenters. The summed E-state index contributed by atoms with van der Waals surface area (Å²) in [4.78, 5) is 17.6. The number of aliphatic imine (C=N–C) groups is 1. The summed E-state index contributed by atoms with van der Waals surface area (Å²) >= 11 is 0. The molecule has 0 unspecified atom stereocenters. The molecule has 0 bridgehead atoms. The Bertz CT molecular complexity index is 605. The zero-order valence-electron chi connectivity index (χ0n) is 16.8. The molecule has 1 aliphatic carbocycles. The molecule has 0 aromatic rings. The van der Waals surface area contributed by atoms with E-state index in [0.29, 0.717) is 38.1 Å². The van der Waals surface area contributed by atoms with Gasteiger partial charge in [-0.1, -0.05) is 6.42 Å². The molecule has 164 valence electrons. The van der Waals surface area contributed by atoms with Gasteiger partial charge in [0.1, 0.15) is 0 Å². The summed E-state index contributed by atoms with van der Waals surface area (Å²) in [5.41, 5.74) is 0. The average molecular weight is 531 g/mol. The third-order valence-electron chi connectivity index (χ3n) is 5.06. The van der Waals surface area contributed by atoms with Crippen molar-refractivity contribution in [2.24, 2.45) is 10.9 Å². The number of halogens is 1. The van der Waals surface area contributed by atoms with Gasteiger partial charge in [-0.3, -0.25) is 4.99 Å². The van der Waals surface area contributed by atoms with Crippen molar-refractivity contribution in [3.8, 4) is 0 Å². The second kappa shape index (κ2) is 12.7. The van der Waals surface area contributed by atoms with Crippen molar-refractivity contribution in [2.75, 3.05) is 45.6 Å². The number of likely N-dealkylation sites (tertiary alicyclic amines) is 1. The van der Waals surface area contributed by atoms with E-state index in [4.69, 9.17) is 4.74 Å². The molecule has 0 radical (unpaired) electrons. The Morgan fingerprint density at radius 2 is 1.89 bits per heavy atom. The molecule has 1 heterocycles. The predicted octanol–water partition coefficient (Wildman–Crippen LogP) is 1.11. The first-order chi connectivity index (χ1) is 12.9. The van der Waals surface area contributed by atoms with Crippen molar-refractivity contribution in [3.05, 3.63) is 0 Å². The number of piperidine rings is 1. The van der Waals surface area contributed by atoms with Crippen LogP contribution in [0.4, 0.5) is 4.79 Å². The normalized spacial score (nSPS) is 18.8. The minimum Gasteiger partial charge on any atom is -0.453 e. The van der Waals surface area contributed by atoms with E-state index >= 15 is 0 Å². The van der Waals surface area contributed by atoms with Crippen molar-refractivity contribution >= 4 is 46.1 Å². The fraction of sp³-hybridized carbons (Fsp3) is 0.882. The molecular formula is C17H34IN5O4S. The van der Waals surface area contributed by atoms with Gasteiger partial charge in [-0.25, -0.2) is 17.9 Å². The lowest BCUT2D eigenvalue weighted by atomic mass is 9.86. The molecule has 2 aliphatic rings. The fourth-order valence-electron chi connectivity index (χ4n) is 3.14. The third-order valence-corrected chi connectivity index (χ3v) is 6.39. The Kier molecular flexibility index (Phi) is 11.4. The Morgan fingerprint density at radius 3 is 2.43 bits per heavy atom. The van der Waals surface area contributed by atoms with Gasteiger partial charge in [-0.05, 0) is 38.5 Å². The van der Waals surface area contributed by atoms with E-state index in [1.807, 2.05) is 6.92 Å². The maximum atomic E-state index is 12.1. The minimum atomic E-state index is -3.29. The zero-order chi connectivity index (χ0) is 19.7. The van der Waals surface area contributed by atoms with E-state index in [9.17, 15) is 13.2 Å². The highest BCUT2D eigenvalue weighted by atomic mass is 127. The van der Waals surface area contributed by atoms with Gasteiger partial charge in [0.25, 0.3) is 0 Å². The minimum absolute atomic E-state index is 0. The largest absolute Gasteiger partial charge is 0.453 e. The van der Waals surface area contributed by atoms with Gasteiger partial charge in [0, 0.05) is 32.2 Å². The molecule has 9 nitrogen and oxygen atoms in total. The molecule has 0 aromatic carbocycles.